The van der Waals surface area contributed by atoms with Crippen molar-refractivity contribution in [1.82, 2.24) is 10.6 Å². The Morgan fingerprint density at radius 1 is 1.35 bits per heavy atom. The molecule has 1 aromatic carbocycles. The van der Waals surface area contributed by atoms with Gasteiger partial charge in [0.25, 0.3) is 0 Å². The first-order chi connectivity index (χ1) is 9.67. The molecular formula is C15H20FN3O. The lowest BCUT2D eigenvalue weighted by molar-refractivity contribution is 0.122. The van der Waals surface area contributed by atoms with Crippen LogP contribution in [0.2, 0.25) is 0 Å². The molecule has 20 heavy (non-hydrogen) atoms. The number of carbonyl (C=O) groups is 1. The molecule has 0 aromatic heterocycles. The molecular weight excluding hydrogens is 257 g/mol. The quantitative estimate of drug-likeness (QED) is 0.778. The maximum absolute atomic E-state index is 13.5. The van der Waals surface area contributed by atoms with E-state index < -0.39 is 5.82 Å². The molecule has 1 saturated carbocycles. The summed E-state index contributed by atoms with van der Waals surface area (Å²) in [6, 6.07) is 6.05. The predicted octanol–water partition coefficient (Wildman–Crippen LogP) is 2.62. The molecule has 1 heterocycles. The average Bonchev–Trinajstić information content (AvgIpc) is 2.40. The van der Waals surface area contributed by atoms with Gasteiger partial charge >= 0.3 is 6.03 Å². The summed E-state index contributed by atoms with van der Waals surface area (Å²) in [6.45, 7) is 0.935. The summed E-state index contributed by atoms with van der Waals surface area (Å²) in [7, 11) is 0. The molecule has 4 nitrogen and oxygen atoms in total. The third kappa shape index (κ3) is 2.77. The number of halogens is 1. The van der Waals surface area contributed by atoms with Crippen molar-refractivity contribution in [2.45, 2.75) is 43.7 Å². The number of para-hydroxylation sites is 1. The van der Waals surface area contributed by atoms with Gasteiger partial charge < -0.3 is 16.0 Å². The molecule has 1 saturated heterocycles. The van der Waals surface area contributed by atoms with Gasteiger partial charge in [-0.05, 0) is 50.8 Å². The number of anilines is 1. The lowest BCUT2D eigenvalue weighted by atomic mass is 9.70. The van der Waals surface area contributed by atoms with E-state index in [0.29, 0.717) is 0 Å². The topological polar surface area (TPSA) is 53.2 Å². The van der Waals surface area contributed by atoms with Crippen LogP contribution in [0.25, 0.3) is 0 Å². The van der Waals surface area contributed by atoms with Crippen molar-refractivity contribution in [2.24, 2.45) is 0 Å². The maximum atomic E-state index is 13.5. The number of rotatable bonds is 2. The Balaban J connectivity index is 1.55. The minimum atomic E-state index is -0.413. The van der Waals surface area contributed by atoms with Crippen molar-refractivity contribution in [3.63, 3.8) is 0 Å². The molecule has 108 valence electrons. The molecule has 3 rings (SSSR count). The highest BCUT2D eigenvalue weighted by Crippen LogP contribution is 2.38. The predicted molar refractivity (Wildman–Crippen MR) is 76.2 cm³/mol. The molecule has 1 aliphatic carbocycles. The van der Waals surface area contributed by atoms with E-state index in [1.54, 1.807) is 18.2 Å². The second kappa shape index (κ2) is 5.40. The normalized spacial score (nSPS) is 23.9. The van der Waals surface area contributed by atoms with E-state index in [-0.39, 0.29) is 23.3 Å². The fraction of sp³-hybridized carbons (Fsp3) is 0.533. The van der Waals surface area contributed by atoms with Crippen LogP contribution in [-0.2, 0) is 0 Å². The molecule has 1 atom stereocenters. The molecule has 2 amide bonds. The Morgan fingerprint density at radius 2 is 2.15 bits per heavy atom. The van der Waals surface area contributed by atoms with Gasteiger partial charge in [0.1, 0.15) is 5.82 Å². The van der Waals surface area contributed by atoms with Crippen LogP contribution >= 0.6 is 0 Å². The molecule has 5 heteroatoms. The van der Waals surface area contributed by atoms with Gasteiger partial charge in [-0.2, -0.15) is 0 Å². The average molecular weight is 277 g/mol. The van der Waals surface area contributed by atoms with E-state index in [2.05, 4.69) is 16.0 Å². The van der Waals surface area contributed by atoms with E-state index in [4.69, 9.17) is 0 Å². The van der Waals surface area contributed by atoms with E-state index in [0.717, 1.165) is 19.4 Å². The highest BCUT2D eigenvalue weighted by molar-refractivity contribution is 5.89. The van der Waals surface area contributed by atoms with Gasteiger partial charge in [-0.1, -0.05) is 12.1 Å². The van der Waals surface area contributed by atoms with Crippen LogP contribution in [0.1, 0.15) is 32.1 Å². The maximum Gasteiger partial charge on any atom is 0.319 e. The van der Waals surface area contributed by atoms with E-state index in [1.807, 2.05) is 0 Å². The molecule has 1 aromatic rings. The van der Waals surface area contributed by atoms with Gasteiger partial charge in [0.05, 0.1) is 5.69 Å². The Labute approximate surface area is 118 Å². The highest BCUT2D eigenvalue weighted by atomic mass is 19.1. The van der Waals surface area contributed by atoms with Crippen molar-refractivity contribution in [2.75, 3.05) is 11.9 Å². The van der Waals surface area contributed by atoms with Crippen molar-refractivity contribution in [1.29, 1.82) is 0 Å². The Hall–Kier alpha value is -1.62. The van der Waals surface area contributed by atoms with E-state index >= 15 is 0 Å². The van der Waals surface area contributed by atoms with Crippen LogP contribution < -0.4 is 16.0 Å². The first-order valence-electron chi connectivity index (χ1n) is 7.24. The second-order valence-electron chi connectivity index (χ2n) is 5.83. The smallest absolute Gasteiger partial charge is 0.319 e. The summed E-state index contributed by atoms with van der Waals surface area (Å²) in [5, 5.41) is 9.10. The number of piperidine rings is 1. The van der Waals surface area contributed by atoms with E-state index in [1.165, 1.54) is 25.3 Å². The summed E-state index contributed by atoms with van der Waals surface area (Å²) in [5.74, 6) is -0.413. The van der Waals surface area contributed by atoms with Gasteiger partial charge in [-0.25, -0.2) is 9.18 Å². The molecule has 2 aliphatic rings. The molecule has 0 radical (unpaired) electrons. The van der Waals surface area contributed by atoms with E-state index in [9.17, 15) is 9.18 Å². The lowest BCUT2D eigenvalue weighted by Crippen LogP contribution is -2.60. The molecule has 0 bridgehead atoms. The molecule has 3 N–H and O–H groups in total. The number of amides is 2. The van der Waals surface area contributed by atoms with Crippen molar-refractivity contribution in [3.8, 4) is 0 Å². The summed E-state index contributed by atoms with van der Waals surface area (Å²) in [5.41, 5.74) is 0.464. The fourth-order valence-electron chi connectivity index (χ4n) is 3.17. The summed E-state index contributed by atoms with van der Waals surface area (Å²) < 4.78 is 13.5. The van der Waals surface area contributed by atoms with Crippen molar-refractivity contribution < 1.29 is 9.18 Å². The fourth-order valence-corrected chi connectivity index (χ4v) is 3.17. The van der Waals surface area contributed by atoms with Gasteiger partial charge in [-0.3, -0.25) is 0 Å². The van der Waals surface area contributed by atoms with Crippen LogP contribution in [-0.4, -0.2) is 24.2 Å². The number of hydrogen-bond acceptors (Lipinski definition) is 2. The first kappa shape index (κ1) is 13.4. The number of urea groups is 1. The van der Waals surface area contributed by atoms with Gasteiger partial charge in [0, 0.05) is 11.6 Å². The third-order valence-electron chi connectivity index (χ3n) is 4.40. The number of nitrogens with one attached hydrogen (secondary N) is 3. The first-order valence-corrected chi connectivity index (χ1v) is 7.24. The SMILES string of the molecule is O=C(Nc1ccccc1F)NC1CCNC2(CCC2)C1. The molecule has 1 unspecified atom stereocenters. The molecule has 1 spiro atoms. The monoisotopic (exact) mass is 277 g/mol. The lowest BCUT2D eigenvalue weighted by Gasteiger charge is -2.48. The Kier molecular flexibility index (Phi) is 3.61. The van der Waals surface area contributed by atoms with Crippen LogP contribution in [0.3, 0.4) is 0 Å². The zero-order chi connectivity index (χ0) is 14.0. The standard InChI is InChI=1S/C15H20FN3O/c16-12-4-1-2-5-13(12)19-14(20)18-11-6-9-17-15(10-11)7-3-8-15/h1-2,4-5,11,17H,3,6-10H2,(H2,18,19,20). The number of hydrogen-bond donors (Lipinski definition) is 3. The number of benzene rings is 1. The Morgan fingerprint density at radius 3 is 2.85 bits per heavy atom. The van der Waals surface area contributed by atoms with Crippen LogP contribution in [0, 0.1) is 5.82 Å². The van der Waals surface area contributed by atoms with Crippen LogP contribution in [0.4, 0.5) is 14.9 Å². The van der Waals surface area contributed by atoms with Crippen LogP contribution in [0.5, 0.6) is 0 Å². The minimum absolute atomic E-state index is 0.170. The van der Waals surface area contributed by atoms with Gasteiger partial charge in [0.15, 0.2) is 0 Å². The van der Waals surface area contributed by atoms with Crippen molar-refractivity contribution >= 4 is 11.7 Å². The van der Waals surface area contributed by atoms with Gasteiger partial charge in [-0.15, -0.1) is 0 Å². The summed E-state index contributed by atoms with van der Waals surface area (Å²) >= 11 is 0. The largest absolute Gasteiger partial charge is 0.335 e. The minimum Gasteiger partial charge on any atom is -0.335 e. The summed E-state index contributed by atoms with van der Waals surface area (Å²) in [4.78, 5) is 11.9. The second-order valence-corrected chi connectivity index (χ2v) is 5.83. The van der Waals surface area contributed by atoms with Crippen molar-refractivity contribution in [3.05, 3.63) is 30.1 Å². The zero-order valence-corrected chi connectivity index (χ0v) is 11.4. The molecule has 2 fully saturated rings. The highest BCUT2D eigenvalue weighted by Gasteiger charge is 2.41. The van der Waals surface area contributed by atoms with Gasteiger partial charge in [0.2, 0.25) is 0 Å². The summed E-state index contributed by atoms with van der Waals surface area (Å²) in [6.07, 6.45) is 5.55. The number of carbonyl (C=O) groups excluding carboxylic acids is 1. The Bertz CT molecular complexity index is 502. The van der Waals surface area contributed by atoms with Crippen LogP contribution in [0.15, 0.2) is 24.3 Å². The third-order valence-corrected chi connectivity index (χ3v) is 4.40. The zero-order valence-electron chi connectivity index (χ0n) is 11.4. The molecule has 1 aliphatic heterocycles.